The molecular formula is C13H22N2S. The largest absolute Gasteiger partial charge is 0.329 e. The molecule has 16 heavy (non-hydrogen) atoms. The maximum atomic E-state index is 5.98. The molecule has 1 fully saturated rings. The number of thiophene rings is 1. The Morgan fingerprint density at radius 3 is 2.75 bits per heavy atom. The molecule has 0 radical (unpaired) electrons. The minimum Gasteiger partial charge on any atom is -0.329 e. The molecule has 0 saturated heterocycles. The van der Waals surface area contributed by atoms with Crippen molar-refractivity contribution in [2.75, 3.05) is 20.1 Å². The van der Waals surface area contributed by atoms with Crippen LogP contribution in [0.4, 0.5) is 0 Å². The van der Waals surface area contributed by atoms with E-state index in [1.54, 1.807) is 0 Å². The van der Waals surface area contributed by atoms with E-state index in [2.05, 4.69) is 29.5 Å². The molecule has 90 valence electrons. The molecule has 1 saturated carbocycles. The summed E-state index contributed by atoms with van der Waals surface area (Å²) >= 11 is 1.86. The lowest BCUT2D eigenvalue weighted by Crippen LogP contribution is -2.50. The molecule has 0 bridgehead atoms. The van der Waals surface area contributed by atoms with Crippen molar-refractivity contribution < 1.29 is 0 Å². The van der Waals surface area contributed by atoms with Gasteiger partial charge in [-0.1, -0.05) is 18.9 Å². The molecule has 0 atom stereocenters. The molecule has 0 unspecified atom stereocenters. The van der Waals surface area contributed by atoms with Crippen molar-refractivity contribution in [3.8, 4) is 0 Å². The number of nitrogens with zero attached hydrogens (tertiary/aromatic N) is 1. The second-order valence-electron chi connectivity index (χ2n) is 4.89. The number of rotatable bonds is 5. The van der Waals surface area contributed by atoms with Crippen molar-refractivity contribution in [2.24, 2.45) is 5.73 Å². The van der Waals surface area contributed by atoms with Crippen LogP contribution >= 0.6 is 11.3 Å². The summed E-state index contributed by atoms with van der Waals surface area (Å²) in [6.07, 6.45) is 6.42. The van der Waals surface area contributed by atoms with E-state index in [-0.39, 0.29) is 0 Å². The van der Waals surface area contributed by atoms with E-state index in [0.717, 1.165) is 19.5 Å². The summed E-state index contributed by atoms with van der Waals surface area (Å²) in [5.41, 5.74) is 6.28. The van der Waals surface area contributed by atoms with Crippen LogP contribution in [0.15, 0.2) is 17.5 Å². The van der Waals surface area contributed by atoms with Crippen LogP contribution in [0.5, 0.6) is 0 Å². The number of likely N-dealkylation sites (N-methyl/N-ethyl adjacent to an activating group) is 1. The lowest BCUT2D eigenvalue weighted by Gasteiger charge is -2.38. The summed E-state index contributed by atoms with van der Waals surface area (Å²) in [4.78, 5) is 3.98. The Balaban J connectivity index is 1.89. The maximum Gasteiger partial charge on any atom is 0.0328 e. The third kappa shape index (κ3) is 2.47. The zero-order chi connectivity index (χ0) is 11.4. The van der Waals surface area contributed by atoms with Crippen LogP contribution in [0.25, 0.3) is 0 Å². The van der Waals surface area contributed by atoms with Gasteiger partial charge in [0, 0.05) is 23.5 Å². The highest BCUT2D eigenvalue weighted by Crippen LogP contribution is 2.33. The van der Waals surface area contributed by atoms with Crippen LogP contribution in [-0.2, 0) is 6.42 Å². The molecule has 0 amide bonds. The normalized spacial score (nSPS) is 19.4. The van der Waals surface area contributed by atoms with Crippen LogP contribution in [0.3, 0.4) is 0 Å². The minimum atomic E-state index is 0.303. The molecule has 2 nitrogen and oxygen atoms in total. The van der Waals surface area contributed by atoms with Crippen LogP contribution in [0.2, 0.25) is 0 Å². The summed E-state index contributed by atoms with van der Waals surface area (Å²) in [7, 11) is 2.24. The monoisotopic (exact) mass is 238 g/mol. The van der Waals surface area contributed by atoms with Gasteiger partial charge in [0.15, 0.2) is 0 Å². The lowest BCUT2D eigenvalue weighted by molar-refractivity contribution is 0.134. The van der Waals surface area contributed by atoms with Gasteiger partial charge in [0.2, 0.25) is 0 Å². The highest BCUT2D eigenvalue weighted by molar-refractivity contribution is 7.09. The summed E-state index contributed by atoms with van der Waals surface area (Å²) < 4.78 is 0. The van der Waals surface area contributed by atoms with Gasteiger partial charge in [0.1, 0.15) is 0 Å². The molecule has 1 aliphatic carbocycles. The molecule has 1 aliphatic rings. The first kappa shape index (κ1) is 12.1. The molecule has 3 heteroatoms. The number of nitrogens with two attached hydrogens (primary N) is 1. The van der Waals surface area contributed by atoms with Crippen LogP contribution < -0.4 is 5.73 Å². The summed E-state index contributed by atoms with van der Waals surface area (Å²) in [5.74, 6) is 0. The molecule has 0 aromatic carbocycles. The molecule has 0 aliphatic heterocycles. The standard InChI is InChI=1S/C13H22N2S/c1-15(9-6-12-5-4-10-16-12)13(11-14)7-2-3-8-13/h4-5,10H,2-3,6-9,11,14H2,1H3. The van der Waals surface area contributed by atoms with Gasteiger partial charge in [0.25, 0.3) is 0 Å². The van der Waals surface area contributed by atoms with Gasteiger partial charge in [-0.2, -0.15) is 0 Å². The summed E-state index contributed by atoms with van der Waals surface area (Å²) in [6, 6.07) is 4.36. The average Bonchev–Trinajstić information content (AvgIpc) is 2.97. The van der Waals surface area contributed by atoms with E-state index in [0.29, 0.717) is 5.54 Å². The summed E-state index contributed by atoms with van der Waals surface area (Å²) in [6.45, 7) is 1.95. The van der Waals surface area contributed by atoms with E-state index in [1.807, 2.05) is 11.3 Å². The molecule has 0 spiro atoms. The predicted molar refractivity (Wildman–Crippen MR) is 70.9 cm³/mol. The Bertz CT molecular complexity index is 302. The van der Waals surface area contributed by atoms with Crippen LogP contribution in [0.1, 0.15) is 30.6 Å². The Morgan fingerprint density at radius 2 is 2.19 bits per heavy atom. The zero-order valence-corrected chi connectivity index (χ0v) is 10.9. The van der Waals surface area contributed by atoms with Crippen molar-refractivity contribution >= 4 is 11.3 Å². The fourth-order valence-electron chi connectivity index (χ4n) is 2.74. The van der Waals surface area contributed by atoms with Gasteiger partial charge >= 0.3 is 0 Å². The molecule has 2 N–H and O–H groups in total. The van der Waals surface area contributed by atoms with Crippen molar-refractivity contribution in [3.63, 3.8) is 0 Å². The second-order valence-corrected chi connectivity index (χ2v) is 5.92. The van der Waals surface area contributed by atoms with Gasteiger partial charge in [-0.3, -0.25) is 4.90 Å². The minimum absolute atomic E-state index is 0.303. The third-order valence-corrected chi connectivity index (χ3v) is 4.93. The Kier molecular flexibility index (Phi) is 4.00. The average molecular weight is 238 g/mol. The quantitative estimate of drug-likeness (QED) is 0.854. The maximum absolute atomic E-state index is 5.98. The fraction of sp³-hybridized carbons (Fsp3) is 0.692. The predicted octanol–water partition coefficient (Wildman–Crippen LogP) is 2.49. The van der Waals surface area contributed by atoms with Crippen LogP contribution in [-0.4, -0.2) is 30.6 Å². The Hall–Kier alpha value is -0.380. The van der Waals surface area contributed by atoms with Gasteiger partial charge in [-0.15, -0.1) is 11.3 Å². The number of hydrogen-bond donors (Lipinski definition) is 1. The fourth-order valence-corrected chi connectivity index (χ4v) is 3.44. The first-order chi connectivity index (χ1) is 7.77. The van der Waals surface area contributed by atoms with E-state index < -0.39 is 0 Å². The van der Waals surface area contributed by atoms with E-state index in [4.69, 9.17) is 5.73 Å². The smallest absolute Gasteiger partial charge is 0.0328 e. The lowest BCUT2D eigenvalue weighted by atomic mass is 9.95. The van der Waals surface area contributed by atoms with E-state index in [1.165, 1.54) is 30.6 Å². The van der Waals surface area contributed by atoms with Gasteiger partial charge < -0.3 is 5.73 Å². The van der Waals surface area contributed by atoms with E-state index in [9.17, 15) is 0 Å². The molecule has 1 aromatic heterocycles. The first-order valence-corrected chi connectivity index (χ1v) is 7.08. The Morgan fingerprint density at radius 1 is 1.44 bits per heavy atom. The third-order valence-electron chi connectivity index (χ3n) is 4.00. The van der Waals surface area contributed by atoms with E-state index >= 15 is 0 Å². The molecule has 1 aromatic rings. The van der Waals surface area contributed by atoms with Crippen molar-refractivity contribution in [1.29, 1.82) is 0 Å². The Labute approximate surface area is 102 Å². The topological polar surface area (TPSA) is 29.3 Å². The molecule has 2 rings (SSSR count). The second kappa shape index (κ2) is 5.30. The molecular weight excluding hydrogens is 216 g/mol. The number of hydrogen-bond acceptors (Lipinski definition) is 3. The highest BCUT2D eigenvalue weighted by Gasteiger charge is 2.35. The van der Waals surface area contributed by atoms with Gasteiger partial charge in [-0.05, 0) is 37.8 Å². The first-order valence-electron chi connectivity index (χ1n) is 6.20. The van der Waals surface area contributed by atoms with Gasteiger partial charge in [-0.25, -0.2) is 0 Å². The summed E-state index contributed by atoms with van der Waals surface area (Å²) in [5, 5.41) is 2.16. The van der Waals surface area contributed by atoms with Crippen molar-refractivity contribution in [3.05, 3.63) is 22.4 Å². The molecule has 1 heterocycles. The SMILES string of the molecule is CN(CCc1cccs1)C1(CN)CCCC1. The highest BCUT2D eigenvalue weighted by atomic mass is 32.1. The van der Waals surface area contributed by atoms with Crippen molar-refractivity contribution in [2.45, 2.75) is 37.6 Å². The van der Waals surface area contributed by atoms with Crippen LogP contribution in [0, 0.1) is 0 Å². The van der Waals surface area contributed by atoms with Crippen molar-refractivity contribution in [1.82, 2.24) is 4.90 Å². The van der Waals surface area contributed by atoms with Gasteiger partial charge in [0.05, 0.1) is 0 Å². The zero-order valence-electron chi connectivity index (χ0n) is 10.1.